The summed E-state index contributed by atoms with van der Waals surface area (Å²) in [7, 11) is 0. The molecule has 0 bridgehead atoms. The second-order valence-corrected chi connectivity index (χ2v) is 8.14. The number of likely N-dealkylation sites (tertiary alicyclic amines) is 1. The summed E-state index contributed by atoms with van der Waals surface area (Å²) in [6.07, 6.45) is 9.19. The van der Waals surface area contributed by atoms with Crippen LogP contribution in [0.1, 0.15) is 36.8 Å². The van der Waals surface area contributed by atoms with Gasteiger partial charge in [-0.3, -0.25) is 14.7 Å². The van der Waals surface area contributed by atoms with Crippen LogP contribution in [0.15, 0.2) is 54.9 Å². The van der Waals surface area contributed by atoms with Crippen molar-refractivity contribution in [1.29, 1.82) is 0 Å². The van der Waals surface area contributed by atoms with Gasteiger partial charge in [0, 0.05) is 31.4 Å². The molecule has 1 aliphatic heterocycles. The zero-order valence-electron chi connectivity index (χ0n) is 15.9. The Balaban J connectivity index is 1.16. The van der Waals surface area contributed by atoms with Gasteiger partial charge < -0.3 is 5.32 Å². The van der Waals surface area contributed by atoms with Gasteiger partial charge in [-0.15, -0.1) is 0 Å². The normalized spacial score (nSPS) is 21.1. The summed E-state index contributed by atoms with van der Waals surface area (Å²) in [6.45, 7) is 3.94. The quantitative estimate of drug-likeness (QED) is 0.767. The van der Waals surface area contributed by atoms with E-state index in [1.165, 1.54) is 11.1 Å². The van der Waals surface area contributed by atoms with Crippen molar-refractivity contribution in [3.05, 3.63) is 66.0 Å². The molecule has 1 aromatic heterocycles. The fraction of sp³-hybridized carbons (Fsp3) is 0.478. The highest BCUT2D eigenvalue weighted by molar-refractivity contribution is 5.82. The number of carbonyl (C=O) groups is 1. The number of aromatic nitrogens is 1. The minimum absolute atomic E-state index is 0.245. The van der Waals surface area contributed by atoms with Crippen LogP contribution in [0.25, 0.3) is 0 Å². The van der Waals surface area contributed by atoms with E-state index in [-0.39, 0.29) is 17.2 Å². The van der Waals surface area contributed by atoms with E-state index in [0.717, 1.165) is 58.3 Å². The molecule has 27 heavy (non-hydrogen) atoms. The van der Waals surface area contributed by atoms with Crippen LogP contribution >= 0.6 is 0 Å². The van der Waals surface area contributed by atoms with Crippen LogP contribution in [0.4, 0.5) is 0 Å². The molecule has 1 amide bonds. The Morgan fingerprint density at radius 1 is 1.11 bits per heavy atom. The molecule has 1 aliphatic carbocycles. The van der Waals surface area contributed by atoms with Crippen LogP contribution < -0.4 is 5.32 Å². The summed E-state index contributed by atoms with van der Waals surface area (Å²) in [4.78, 5) is 19.2. The Kier molecular flexibility index (Phi) is 5.53. The van der Waals surface area contributed by atoms with E-state index in [1.807, 2.05) is 24.5 Å². The largest absolute Gasteiger partial charge is 0.356 e. The summed E-state index contributed by atoms with van der Waals surface area (Å²) >= 11 is 0. The minimum atomic E-state index is 0.245. The summed E-state index contributed by atoms with van der Waals surface area (Å²) < 4.78 is 0. The molecule has 1 saturated heterocycles. The van der Waals surface area contributed by atoms with Crippen LogP contribution in [-0.2, 0) is 17.8 Å². The molecule has 1 unspecified atom stereocenters. The smallest absolute Gasteiger partial charge is 0.223 e. The number of nitrogens with zero attached hydrogens (tertiary/aromatic N) is 2. The lowest BCUT2D eigenvalue weighted by Crippen LogP contribution is -2.37. The van der Waals surface area contributed by atoms with Gasteiger partial charge in [-0.05, 0) is 67.8 Å². The molecule has 1 N–H and O–H groups in total. The first-order valence-electron chi connectivity index (χ1n) is 10.2. The second kappa shape index (κ2) is 8.22. The molecule has 2 fully saturated rings. The first-order valence-corrected chi connectivity index (χ1v) is 10.2. The van der Waals surface area contributed by atoms with Gasteiger partial charge in [-0.1, -0.05) is 36.4 Å². The van der Waals surface area contributed by atoms with E-state index < -0.39 is 0 Å². The lowest BCUT2D eigenvalue weighted by Gasteiger charge is -2.32. The minimum Gasteiger partial charge on any atom is -0.356 e. The number of pyridine rings is 1. The molecule has 142 valence electrons. The number of rotatable bonds is 7. The highest BCUT2D eigenvalue weighted by Gasteiger charge is 2.58. The fourth-order valence-electron chi connectivity index (χ4n) is 4.45. The predicted octanol–water partition coefficient (Wildman–Crippen LogP) is 3.43. The zero-order valence-corrected chi connectivity index (χ0v) is 15.9. The molecule has 2 aromatic rings. The Hall–Kier alpha value is -2.20. The van der Waals surface area contributed by atoms with Gasteiger partial charge in [-0.25, -0.2) is 0 Å². The topological polar surface area (TPSA) is 45.2 Å². The number of hydrogen-bond donors (Lipinski definition) is 1. The fourth-order valence-corrected chi connectivity index (χ4v) is 4.45. The number of aryl methyl sites for hydroxylation is 1. The number of benzene rings is 1. The van der Waals surface area contributed by atoms with Crippen molar-refractivity contribution in [1.82, 2.24) is 15.2 Å². The predicted molar refractivity (Wildman–Crippen MR) is 107 cm³/mol. The van der Waals surface area contributed by atoms with E-state index in [4.69, 9.17) is 0 Å². The van der Waals surface area contributed by atoms with Gasteiger partial charge in [0.25, 0.3) is 0 Å². The molecule has 2 aliphatic rings. The lowest BCUT2D eigenvalue weighted by molar-refractivity contribution is -0.123. The monoisotopic (exact) mass is 363 g/mol. The van der Waals surface area contributed by atoms with E-state index in [0.29, 0.717) is 0 Å². The number of hydrogen-bond acceptors (Lipinski definition) is 3. The average Bonchev–Trinajstić information content (AvgIpc) is 3.42. The van der Waals surface area contributed by atoms with Crippen molar-refractivity contribution in [2.75, 3.05) is 19.6 Å². The maximum absolute atomic E-state index is 12.5. The highest BCUT2D eigenvalue weighted by atomic mass is 16.2. The van der Waals surface area contributed by atoms with Crippen molar-refractivity contribution in [3.8, 4) is 0 Å². The van der Waals surface area contributed by atoms with E-state index in [2.05, 4.69) is 45.5 Å². The van der Waals surface area contributed by atoms with Gasteiger partial charge in [0.15, 0.2) is 0 Å². The summed E-state index contributed by atoms with van der Waals surface area (Å²) in [5.41, 5.74) is 2.90. The molecular formula is C23H29N3O. The van der Waals surface area contributed by atoms with Crippen molar-refractivity contribution in [2.24, 2.45) is 11.3 Å². The van der Waals surface area contributed by atoms with Crippen LogP contribution in [-0.4, -0.2) is 35.4 Å². The summed E-state index contributed by atoms with van der Waals surface area (Å²) in [5.74, 6) is 0.526. The molecule has 2 heterocycles. The van der Waals surface area contributed by atoms with Gasteiger partial charge in [-0.2, -0.15) is 0 Å². The van der Waals surface area contributed by atoms with Gasteiger partial charge in [0.1, 0.15) is 0 Å². The van der Waals surface area contributed by atoms with Gasteiger partial charge in [0.05, 0.1) is 0 Å². The molecule has 0 radical (unpaired) electrons. The van der Waals surface area contributed by atoms with Gasteiger partial charge in [0.2, 0.25) is 5.91 Å². The van der Waals surface area contributed by atoms with Crippen LogP contribution in [0, 0.1) is 11.3 Å². The Bertz CT molecular complexity index is 739. The highest BCUT2D eigenvalue weighted by Crippen LogP contribution is 2.59. The first-order chi connectivity index (χ1) is 13.3. The zero-order chi connectivity index (χ0) is 18.5. The maximum Gasteiger partial charge on any atom is 0.223 e. The maximum atomic E-state index is 12.5. The van der Waals surface area contributed by atoms with Gasteiger partial charge >= 0.3 is 0 Å². The molecular weight excluding hydrogens is 334 g/mol. The van der Waals surface area contributed by atoms with E-state index in [1.54, 1.807) is 0 Å². The third-order valence-corrected chi connectivity index (χ3v) is 6.27. The number of piperidine rings is 1. The number of amides is 1. The second-order valence-electron chi connectivity index (χ2n) is 8.14. The summed E-state index contributed by atoms with van der Waals surface area (Å²) in [5, 5.41) is 3.18. The van der Waals surface area contributed by atoms with Crippen LogP contribution in [0.2, 0.25) is 0 Å². The van der Waals surface area contributed by atoms with Crippen molar-refractivity contribution in [3.63, 3.8) is 0 Å². The molecule has 4 rings (SSSR count). The molecule has 1 aromatic carbocycles. The third-order valence-electron chi connectivity index (χ3n) is 6.27. The van der Waals surface area contributed by atoms with Crippen molar-refractivity contribution < 1.29 is 4.79 Å². The van der Waals surface area contributed by atoms with Crippen LogP contribution in [0.5, 0.6) is 0 Å². The number of nitrogens with one attached hydrogen (secondary N) is 1. The first kappa shape index (κ1) is 18.2. The molecule has 4 nitrogen and oxygen atoms in total. The SMILES string of the molecule is O=C(NCCCc1ccccc1)C1CC12CCN(Cc1cccnc1)CC2. The summed E-state index contributed by atoms with van der Waals surface area (Å²) in [6, 6.07) is 14.6. The Labute approximate surface area is 162 Å². The lowest BCUT2D eigenvalue weighted by atomic mass is 9.90. The molecule has 4 heteroatoms. The molecule has 1 spiro atoms. The molecule has 1 atom stereocenters. The third kappa shape index (κ3) is 4.56. The van der Waals surface area contributed by atoms with Crippen molar-refractivity contribution in [2.45, 2.75) is 38.6 Å². The van der Waals surface area contributed by atoms with E-state index >= 15 is 0 Å². The van der Waals surface area contributed by atoms with E-state index in [9.17, 15) is 4.79 Å². The Morgan fingerprint density at radius 2 is 1.89 bits per heavy atom. The Morgan fingerprint density at radius 3 is 2.63 bits per heavy atom. The number of carbonyl (C=O) groups excluding carboxylic acids is 1. The molecule has 1 saturated carbocycles. The van der Waals surface area contributed by atoms with Crippen molar-refractivity contribution >= 4 is 5.91 Å². The average molecular weight is 364 g/mol. The standard InChI is InChI=1S/C23H29N3O/c27-22(25-13-5-8-19-6-2-1-3-7-19)21-16-23(21)10-14-26(15-11-23)18-20-9-4-12-24-17-20/h1-4,6-7,9,12,17,21H,5,8,10-11,13-16,18H2,(H,25,27). The van der Waals surface area contributed by atoms with Crippen LogP contribution in [0.3, 0.4) is 0 Å².